The van der Waals surface area contributed by atoms with Crippen molar-refractivity contribution >= 4 is 12.0 Å². The average Bonchev–Trinajstić information content (AvgIpc) is 2.75. The zero-order chi connectivity index (χ0) is 24.4. The van der Waals surface area contributed by atoms with Gasteiger partial charge < -0.3 is 15.4 Å². The van der Waals surface area contributed by atoms with Gasteiger partial charge in [-0.15, -0.1) is 0 Å². The topological polar surface area (TPSA) is 67.4 Å². The molecule has 0 heterocycles. The molecule has 1 rings (SSSR count). The number of carbonyl (C=O) groups is 2. The van der Waals surface area contributed by atoms with Crippen LogP contribution in [-0.2, 0) is 9.53 Å². The summed E-state index contributed by atoms with van der Waals surface area (Å²) in [6.45, 7) is 8.55. The van der Waals surface area contributed by atoms with E-state index in [9.17, 15) is 9.59 Å². The lowest BCUT2D eigenvalue weighted by Crippen LogP contribution is -2.40. The first-order valence-corrected chi connectivity index (χ1v) is 14.1. The summed E-state index contributed by atoms with van der Waals surface area (Å²) in [5.41, 5.74) is -0.459. The van der Waals surface area contributed by atoms with Gasteiger partial charge in [0.1, 0.15) is 5.60 Å². The van der Waals surface area contributed by atoms with Gasteiger partial charge in [0.05, 0.1) is 0 Å². The fourth-order valence-electron chi connectivity index (χ4n) is 4.66. The van der Waals surface area contributed by atoms with E-state index in [1.165, 1.54) is 77.0 Å². The molecule has 2 amide bonds. The van der Waals surface area contributed by atoms with Crippen molar-refractivity contribution in [3.05, 3.63) is 0 Å². The van der Waals surface area contributed by atoms with E-state index in [2.05, 4.69) is 17.6 Å². The van der Waals surface area contributed by atoms with Crippen molar-refractivity contribution in [3.63, 3.8) is 0 Å². The van der Waals surface area contributed by atoms with E-state index >= 15 is 0 Å². The van der Waals surface area contributed by atoms with Gasteiger partial charge in [-0.3, -0.25) is 4.79 Å². The molecular formula is C28H54N2O3. The number of hydrogen-bond acceptors (Lipinski definition) is 3. The molecule has 1 aliphatic carbocycles. The Bertz CT molecular complexity index is 508. The van der Waals surface area contributed by atoms with Gasteiger partial charge in [0, 0.05) is 19.0 Å². The lowest BCUT2D eigenvalue weighted by Gasteiger charge is -2.29. The Kier molecular flexibility index (Phi) is 16.3. The summed E-state index contributed by atoms with van der Waals surface area (Å²) in [6, 6.07) is 0.303. The third kappa shape index (κ3) is 17.8. The first kappa shape index (κ1) is 29.8. The monoisotopic (exact) mass is 466 g/mol. The Morgan fingerprint density at radius 3 is 1.73 bits per heavy atom. The summed E-state index contributed by atoms with van der Waals surface area (Å²) in [7, 11) is 0. The van der Waals surface area contributed by atoms with E-state index in [1.54, 1.807) is 0 Å². The molecule has 5 nitrogen and oxygen atoms in total. The molecule has 0 unspecified atom stereocenters. The van der Waals surface area contributed by atoms with Crippen LogP contribution in [0.3, 0.4) is 0 Å². The molecular weight excluding hydrogens is 412 g/mol. The van der Waals surface area contributed by atoms with Gasteiger partial charge in [-0.1, -0.05) is 84.0 Å². The average molecular weight is 467 g/mol. The predicted molar refractivity (Wildman–Crippen MR) is 138 cm³/mol. The van der Waals surface area contributed by atoms with Gasteiger partial charge >= 0.3 is 6.09 Å². The zero-order valence-corrected chi connectivity index (χ0v) is 22.3. The zero-order valence-electron chi connectivity index (χ0n) is 22.3. The maximum atomic E-state index is 12.3. The number of carbonyl (C=O) groups excluding carboxylic acids is 2. The second kappa shape index (κ2) is 18.1. The molecule has 194 valence electrons. The SMILES string of the molecule is CCCCCCCCCCCCCCCC(=O)NC1CCC(CNC(=O)OC(C)(C)C)CC1. The minimum Gasteiger partial charge on any atom is -0.444 e. The van der Waals surface area contributed by atoms with Crippen molar-refractivity contribution in [2.75, 3.05) is 6.54 Å². The Labute approximate surface area is 204 Å². The quantitative estimate of drug-likeness (QED) is 0.216. The molecule has 5 heteroatoms. The van der Waals surface area contributed by atoms with Crippen molar-refractivity contribution in [3.8, 4) is 0 Å². The summed E-state index contributed by atoms with van der Waals surface area (Å²) < 4.78 is 5.29. The van der Waals surface area contributed by atoms with Crippen molar-refractivity contribution in [1.82, 2.24) is 10.6 Å². The highest BCUT2D eigenvalue weighted by Crippen LogP contribution is 2.24. The number of rotatable bonds is 17. The Balaban J connectivity index is 1.92. The molecule has 0 aliphatic heterocycles. The number of amides is 2. The minimum absolute atomic E-state index is 0.216. The molecule has 0 aromatic rings. The molecule has 0 bridgehead atoms. The number of alkyl carbamates (subject to hydrolysis) is 1. The molecule has 0 spiro atoms. The Morgan fingerprint density at radius 1 is 0.758 bits per heavy atom. The van der Waals surface area contributed by atoms with E-state index in [0.717, 1.165) is 32.1 Å². The van der Waals surface area contributed by atoms with E-state index in [4.69, 9.17) is 4.74 Å². The molecule has 0 aromatic heterocycles. The highest BCUT2D eigenvalue weighted by Gasteiger charge is 2.23. The van der Waals surface area contributed by atoms with Crippen LogP contribution >= 0.6 is 0 Å². The summed E-state index contributed by atoms with van der Waals surface area (Å²) in [4.78, 5) is 24.0. The van der Waals surface area contributed by atoms with Crippen molar-refractivity contribution in [2.45, 2.75) is 155 Å². The standard InChI is InChI=1S/C28H54N2O3/c1-5-6-7-8-9-10-11-12-13-14-15-16-17-18-26(31)30-25-21-19-24(20-22-25)23-29-27(32)33-28(2,3)4/h24-25H,5-23H2,1-4H3,(H,29,32)(H,30,31). The molecule has 2 N–H and O–H groups in total. The maximum absolute atomic E-state index is 12.3. The largest absolute Gasteiger partial charge is 0.444 e. The van der Waals surface area contributed by atoms with Crippen LogP contribution < -0.4 is 10.6 Å². The second-order valence-corrected chi connectivity index (χ2v) is 11.2. The molecule has 1 saturated carbocycles. The summed E-state index contributed by atoms with van der Waals surface area (Å²) in [5, 5.41) is 6.11. The van der Waals surface area contributed by atoms with E-state index in [1.807, 2.05) is 20.8 Å². The molecule has 1 aliphatic rings. The third-order valence-corrected chi connectivity index (χ3v) is 6.65. The number of ether oxygens (including phenoxy) is 1. The predicted octanol–water partition coefficient (Wildman–Crippen LogP) is 7.67. The Morgan fingerprint density at radius 2 is 1.24 bits per heavy atom. The minimum atomic E-state index is -0.459. The van der Waals surface area contributed by atoms with E-state index in [0.29, 0.717) is 24.9 Å². The van der Waals surface area contributed by atoms with Crippen LogP contribution in [0.4, 0.5) is 4.79 Å². The second-order valence-electron chi connectivity index (χ2n) is 11.2. The van der Waals surface area contributed by atoms with Crippen molar-refractivity contribution in [2.24, 2.45) is 5.92 Å². The molecule has 0 saturated heterocycles. The van der Waals surface area contributed by atoms with Crippen LogP contribution in [0.1, 0.15) is 143 Å². The third-order valence-electron chi connectivity index (χ3n) is 6.65. The van der Waals surface area contributed by atoms with Crippen LogP contribution in [0.2, 0.25) is 0 Å². The fourth-order valence-corrected chi connectivity index (χ4v) is 4.66. The molecule has 0 aromatic carbocycles. The number of unbranched alkanes of at least 4 members (excludes halogenated alkanes) is 12. The number of hydrogen-bond donors (Lipinski definition) is 2. The van der Waals surface area contributed by atoms with Crippen molar-refractivity contribution in [1.29, 1.82) is 0 Å². The van der Waals surface area contributed by atoms with Gasteiger partial charge in [-0.2, -0.15) is 0 Å². The van der Waals surface area contributed by atoms with Gasteiger partial charge in [0.25, 0.3) is 0 Å². The first-order valence-electron chi connectivity index (χ1n) is 14.1. The molecule has 0 radical (unpaired) electrons. The maximum Gasteiger partial charge on any atom is 0.407 e. The van der Waals surface area contributed by atoms with Crippen LogP contribution in [0.25, 0.3) is 0 Å². The van der Waals surface area contributed by atoms with Crippen LogP contribution in [0, 0.1) is 5.92 Å². The van der Waals surface area contributed by atoms with E-state index < -0.39 is 5.60 Å². The molecule has 33 heavy (non-hydrogen) atoms. The highest BCUT2D eigenvalue weighted by atomic mass is 16.6. The van der Waals surface area contributed by atoms with Gasteiger partial charge in [0.2, 0.25) is 5.91 Å². The fraction of sp³-hybridized carbons (Fsp3) is 0.929. The molecule has 0 atom stereocenters. The van der Waals surface area contributed by atoms with Gasteiger partial charge in [-0.05, 0) is 58.8 Å². The van der Waals surface area contributed by atoms with Gasteiger partial charge in [-0.25, -0.2) is 4.79 Å². The summed E-state index contributed by atoms with van der Waals surface area (Å²) >= 11 is 0. The Hall–Kier alpha value is -1.26. The lowest BCUT2D eigenvalue weighted by molar-refractivity contribution is -0.122. The highest BCUT2D eigenvalue weighted by molar-refractivity contribution is 5.76. The summed E-state index contributed by atoms with van der Waals surface area (Å²) in [6.07, 6.45) is 21.7. The van der Waals surface area contributed by atoms with E-state index in [-0.39, 0.29) is 12.0 Å². The van der Waals surface area contributed by atoms with Crippen LogP contribution in [-0.4, -0.2) is 30.2 Å². The molecule has 1 fully saturated rings. The van der Waals surface area contributed by atoms with Crippen molar-refractivity contribution < 1.29 is 14.3 Å². The smallest absolute Gasteiger partial charge is 0.407 e. The first-order chi connectivity index (χ1) is 15.8. The van der Waals surface area contributed by atoms with Gasteiger partial charge in [0.15, 0.2) is 0 Å². The van der Waals surface area contributed by atoms with Crippen LogP contribution in [0.5, 0.6) is 0 Å². The summed E-state index contributed by atoms with van der Waals surface area (Å²) in [5.74, 6) is 0.695. The lowest BCUT2D eigenvalue weighted by atomic mass is 9.86. The van der Waals surface area contributed by atoms with Crippen LogP contribution in [0.15, 0.2) is 0 Å². The normalized spacial score (nSPS) is 18.7. The number of nitrogens with one attached hydrogen (secondary N) is 2.